The molecule has 100 valence electrons. The van der Waals surface area contributed by atoms with Crippen molar-refractivity contribution in [3.8, 4) is 0 Å². The first kappa shape index (κ1) is 13.4. The largest absolute Gasteiger partial charge is 0.399 e. The Labute approximate surface area is 109 Å². The van der Waals surface area contributed by atoms with E-state index in [1.807, 2.05) is 24.3 Å². The lowest BCUT2D eigenvalue weighted by Crippen LogP contribution is -2.37. The number of nitrogens with zero attached hydrogens (tertiary/aromatic N) is 1. The molecule has 0 saturated heterocycles. The summed E-state index contributed by atoms with van der Waals surface area (Å²) in [6, 6.07) is 7.58. The molecule has 0 aromatic heterocycles. The Morgan fingerprint density at radius 3 is 2.28 bits per heavy atom. The first-order valence-electron chi connectivity index (χ1n) is 6.26. The standard InChI is InChI=1S/C13H20N2O2S/c1-10(2)18(16,17)15(13-7-8-13)9-11-3-5-12(14)6-4-11/h3-6,10,13H,7-9,14H2,1-2H3. The maximum atomic E-state index is 12.3. The predicted octanol–water partition coefficient (Wildman–Crippen LogP) is 1.97. The van der Waals surface area contributed by atoms with Gasteiger partial charge in [-0.2, -0.15) is 4.31 Å². The van der Waals surface area contributed by atoms with Crippen molar-refractivity contribution in [2.75, 3.05) is 5.73 Å². The quantitative estimate of drug-likeness (QED) is 0.830. The molecule has 0 amide bonds. The average molecular weight is 268 g/mol. The highest BCUT2D eigenvalue weighted by molar-refractivity contribution is 7.89. The van der Waals surface area contributed by atoms with E-state index in [4.69, 9.17) is 5.73 Å². The summed E-state index contributed by atoms with van der Waals surface area (Å²) in [6.45, 7) is 3.91. The van der Waals surface area contributed by atoms with Crippen molar-refractivity contribution in [2.24, 2.45) is 0 Å². The highest BCUT2D eigenvalue weighted by Gasteiger charge is 2.38. The lowest BCUT2D eigenvalue weighted by atomic mass is 10.2. The van der Waals surface area contributed by atoms with Gasteiger partial charge in [-0.15, -0.1) is 0 Å². The monoisotopic (exact) mass is 268 g/mol. The van der Waals surface area contributed by atoms with Crippen LogP contribution < -0.4 is 5.73 Å². The fourth-order valence-electron chi connectivity index (χ4n) is 1.86. The summed E-state index contributed by atoms with van der Waals surface area (Å²) < 4.78 is 26.2. The molecule has 1 saturated carbocycles. The van der Waals surface area contributed by atoms with Crippen LogP contribution in [0.15, 0.2) is 24.3 Å². The maximum absolute atomic E-state index is 12.3. The smallest absolute Gasteiger partial charge is 0.216 e. The maximum Gasteiger partial charge on any atom is 0.216 e. The molecule has 2 N–H and O–H groups in total. The van der Waals surface area contributed by atoms with Crippen LogP contribution in [0.2, 0.25) is 0 Å². The van der Waals surface area contributed by atoms with Gasteiger partial charge in [-0.25, -0.2) is 8.42 Å². The molecule has 4 nitrogen and oxygen atoms in total. The Morgan fingerprint density at radius 2 is 1.83 bits per heavy atom. The Balaban J connectivity index is 2.19. The van der Waals surface area contributed by atoms with Gasteiger partial charge in [-0.1, -0.05) is 12.1 Å². The number of nitrogens with two attached hydrogens (primary N) is 1. The zero-order valence-electron chi connectivity index (χ0n) is 10.8. The lowest BCUT2D eigenvalue weighted by molar-refractivity contribution is 0.394. The zero-order valence-corrected chi connectivity index (χ0v) is 11.7. The predicted molar refractivity (Wildman–Crippen MR) is 73.5 cm³/mol. The van der Waals surface area contributed by atoms with Crippen molar-refractivity contribution in [1.29, 1.82) is 0 Å². The van der Waals surface area contributed by atoms with E-state index in [1.54, 1.807) is 18.2 Å². The van der Waals surface area contributed by atoms with Gasteiger partial charge < -0.3 is 5.73 Å². The van der Waals surface area contributed by atoms with E-state index in [2.05, 4.69) is 0 Å². The normalized spacial score (nSPS) is 16.4. The Morgan fingerprint density at radius 1 is 1.28 bits per heavy atom. The van der Waals surface area contributed by atoms with Gasteiger partial charge >= 0.3 is 0 Å². The minimum Gasteiger partial charge on any atom is -0.399 e. The molecule has 2 rings (SSSR count). The Kier molecular flexibility index (Phi) is 3.64. The van der Waals surface area contributed by atoms with E-state index >= 15 is 0 Å². The minimum absolute atomic E-state index is 0.190. The van der Waals surface area contributed by atoms with Gasteiger partial charge in [0.25, 0.3) is 0 Å². The molecule has 5 heteroatoms. The second-order valence-corrected chi connectivity index (χ2v) is 7.55. The van der Waals surface area contributed by atoms with Gasteiger partial charge in [0.15, 0.2) is 0 Å². The van der Waals surface area contributed by atoms with E-state index in [0.29, 0.717) is 12.2 Å². The first-order chi connectivity index (χ1) is 8.41. The van der Waals surface area contributed by atoms with Gasteiger partial charge in [0.1, 0.15) is 0 Å². The molecule has 1 fully saturated rings. The molecule has 0 radical (unpaired) electrons. The van der Waals surface area contributed by atoms with Crippen LogP contribution in [0.5, 0.6) is 0 Å². The van der Waals surface area contributed by atoms with Gasteiger partial charge in [0, 0.05) is 18.3 Å². The molecule has 1 aromatic carbocycles. The van der Waals surface area contributed by atoms with Crippen LogP contribution in [0.4, 0.5) is 5.69 Å². The van der Waals surface area contributed by atoms with Crippen molar-refractivity contribution in [3.63, 3.8) is 0 Å². The molecule has 0 unspecified atom stereocenters. The number of sulfonamides is 1. The van der Waals surface area contributed by atoms with Gasteiger partial charge in [0.05, 0.1) is 5.25 Å². The van der Waals surface area contributed by atoms with E-state index in [0.717, 1.165) is 18.4 Å². The van der Waals surface area contributed by atoms with Crippen molar-refractivity contribution >= 4 is 15.7 Å². The zero-order chi connectivity index (χ0) is 13.3. The highest BCUT2D eigenvalue weighted by Crippen LogP contribution is 2.32. The molecule has 18 heavy (non-hydrogen) atoms. The van der Waals surface area contributed by atoms with Crippen molar-refractivity contribution in [3.05, 3.63) is 29.8 Å². The molecule has 1 aliphatic rings. The van der Waals surface area contributed by atoms with E-state index in [1.165, 1.54) is 0 Å². The van der Waals surface area contributed by atoms with Gasteiger partial charge in [0.2, 0.25) is 10.0 Å². The third-order valence-corrected chi connectivity index (χ3v) is 5.47. The van der Waals surface area contributed by atoms with Gasteiger partial charge in [-0.3, -0.25) is 0 Å². The van der Waals surface area contributed by atoms with E-state index < -0.39 is 10.0 Å². The first-order valence-corrected chi connectivity index (χ1v) is 7.76. The number of rotatable bonds is 5. The van der Waals surface area contributed by atoms with Crippen LogP contribution >= 0.6 is 0 Å². The molecule has 0 heterocycles. The van der Waals surface area contributed by atoms with Crippen LogP contribution in [0, 0.1) is 0 Å². The van der Waals surface area contributed by atoms with Crippen molar-refractivity contribution in [2.45, 2.75) is 44.5 Å². The molecular weight excluding hydrogens is 248 g/mol. The summed E-state index contributed by atoms with van der Waals surface area (Å²) in [6.07, 6.45) is 1.95. The SMILES string of the molecule is CC(C)S(=O)(=O)N(Cc1ccc(N)cc1)C1CC1. The lowest BCUT2D eigenvalue weighted by Gasteiger charge is -2.24. The highest BCUT2D eigenvalue weighted by atomic mass is 32.2. The van der Waals surface area contributed by atoms with Crippen LogP contribution in [0.1, 0.15) is 32.3 Å². The third-order valence-electron chi connectivity index (χ3n) is 3.19. The van der Waals surface area contributed by atoms with Crippen molar-refractivity contribution in [1.82, 2.24) is 4.31 Å². The summed E-state index contributed by atoms with van der Waals surface area (Å²) in [5.41, 5.74) is 7.32. The van der Waals surface area contributed by atoms with E-state index in [-0.39, 0.29) is 11.3 Å². The molecule has 0 spiro atoms. The molecular formula is C13H20N2O2S. The Hall–Kier alpha value is -1.07. The minimum atomic E-state index is -3.18. The second kappa shape index (κ2) is 4.90. The summed E-state index contributed by atoms with van der Waals surface area (Å²) in [5, 5.41) is -0.369. The topological polar surface area (TPSA) is 63.4 Å². The summed E-state index contributed by atoms with van der Waals surface area (Å²) >= 11 is 0. The summed E-state index contributed by atoms with van der Waals surface area (Å²) in [5.74, 6) is 0. The molecule has 1 aliphatic carbocycles. The number of nitrogen functional groups attached to an aromatic ring is 1. The number of benzene rings is 1. The third kappa shape index (κ3) is 2.84. The van der Waals surface area contributed by atoms with Crippen LogP contribution in [-0.4, -0.2) is 24.0 Å². The van der Waals surface area contributed by atoms with Crippen molar-refractivity contribution < 1.29 is 8.42 Å². The van der Waals surface area contributed by atoms with Crippen LogP contribution in [0.3, 0.4) is 0 Å². The van der Waals surface area contributed by atoms with Crippen LogP contribution in [-0.2, 0) is 16.6 Å². The second-order valence-electron chi connectivity index (χ2n) is 5.11. The molecule has 0 aliphatic heterocycles. The average Bonchev–Trinajstić information content (AvgIpc) is 3.11. The van der Waals surface area contributed by atoms with Gasteiger partial charge in [-0.05, 0) is 44.4 Å². The van der Waals surface area contributed by atoms with Crippen LogP contribution in [0.25, 0.3) is 0 Å². The molecule has 0 atom stereocenters. The number of hydrogen-bond acceptors (Lipinski definition) is 3. The summed E-state index contributed by atoms with van der Waals surface area (Å²) in [4.78, 5) is 0. The Bertz CT molecular complexity index is 504. The fraction of sp³-hybridized carbons (Fsp3) is 0.538. The molecule has 1 aromatic rings. The number of hydrogen-bond donors (Lipinski definition) is 1. The molecule has 0 bridgehead atoms. The summed E-state index contributed by atoms with van der Waals surface area (Å²) in [7, 11) is -3.18. The number of anilines is 1. The fourth-order valence-corrected chi connectivity index (χ4v) is 3.36. The van der Waals surface area contributed by atoms with E-state index in [9.17, 15) is 8.42 Å².